The highest BCUT2D eigenvalue weighted by Gasteiger charge is 2.19. The van der Waals surface area contributed by atoms with Crippen LogP contribution >= 0.6 is 23.4 Å². The number of benzene rings is 2. The second-order valence-electron chi connectivity index (χ2n) is 5.93. The Hall–Kier alpha value is -2.31. The van der Waals surface area contributed by atoms with Gasteiger partial charge in [-0.3, -0.25) is 4.79 Å². The average Bonchev–Trinajstić information content (AvgIpc) is 3.07. The summed E-state index contributed by atoms with van der Waals surface area (Å²) in [6, 6.07) is 13.0. The number of amides is 1. The van der Waals surface area contributed by atoms with Gasteiger partial charge in [0.25, 0.3) is 5.22 Å². The molecule has 0 saturated heterocycles. The van der Waals surface area contributed by atoms with Crippen molar-refractivity contribution < 1.29 is 9.21 Å². The minimum absolute atomic E-state index is 0.121. The first kappa shape index (κ1) is 18.5. The lowest BCUT2D eigenvalue weighted by molar-refractivity contribution is -0.115. The van der Waals surface area contributed by atoms with Gasteiger partial charge in [0.15, 0.2) is 0 Å². The fraction of sp³-hybridized carbons (Fsp3) is 0.211. The van der Waals surface area contributed by atoms with E-state index in [1.807, 2.05) is 32.0 Å². The molecule has 0 aliphatic carbocycles. The molecule has 1 aromatic heterocycles. The Morgan fingerprint density at radius 2 is 1.85 bits per heavy atom. The van der Waals surface area contributed by atoms with Crippen LogP contribution in [0.3, 0.4) is 0 Å². The maximum absolute atomic E-state index is 12.4. The Morgan fingerprint density at radius 1 is 1.12 bits per heavy atom. The Labute approximate surface area is 161 Å². The van der Waals surface area contributed by atoms with Crippen molar-refractivity contribution in [2.24, 2.45) is 0 Å². The van der Waals surface area contributed by atoms with Crippen molar-refractivity contribution >= 4 is 35.0 Å². The summed E-state index contributed by atoms with van der Waals surface area (Å²) in [5, 5.41) is 11.5. The molecule has 5 nitrogen and oxygen atoms in total. The molecular weight excluding hydrogens is 370 g/mol. The fourth-order valence-electron chi connectivity index (χ4n) is 2.23. The molecule has 3 rings (SSSR count). The van der Waals surface area contributed by atoms with Crippen molar-refractivity contribution in [3.8, 4) is 11.5 Å². The van der Waals surface area contributed by atoms with E-state index < -0.39 is 0 Å². The molecule has 1 unspecified atom stereocenters. The predicted octanol–water partition coefficient (Wildman–Crippen LogP) is 5.13. The van der Waals surface area contributed by atoms with E-state index in [-0.39, 0.29) is 11.2 Å². The maximum atomic E-state index is 12.4. The number of rotatable bonds is 5. The highest BCUT2D eigenvalue weighted by atomic mass is 35.5. The smallest absolute Gasteiger partial charge is 0.277 e. The first-order valence-corrected chi connectivity index (χ1v) is 9.32. The number of hydrogen-bond donors (Lipinski definition) is 1. The molecule has 0 aliphatic heterocycles. The van der Waals surface area contributed by atoms with Crippen LogP contribution < -0.4 is 5.32 Å². The zero-order valence-corrected chi connectivity index (χ0v) is 16.2. The quantitative estimate of drug-likeness (QED) is 0.615. The van der Waals surface area contributed by atoms with E-state index in [1.165, 1.54) is 17.3 Å². The molecule has 1 amide bonds. The Morgan fingerprint density at radius 3 is 2.54 bits per heavy atom. The van der Waals surface area contributed by atoms with E-state index in [9.17, 15) is 4.79 Å². The monoisotopic (exact) mass is 387 g/mol. The van der Waals surface area contributed by atoms with Crippen molar-refractivity contribution in [2.45, 2.75) is 31.2 Å². The highest BCUT2D eigenvalue weighted by molar-refractivity contribution is 8.00. The molecule has 0 aliphatic rings. The summed E-state index contributed by atoms with van der Waals surface area (Å²) in [4.78, 5) is 12.4. The van der Waals surface area contributed by atoms with Gasteiger partial charge in [0.1, 0.15) is 0 Å². The first-order valence-electron chi connectivity index (χ1n) is 8.06. The fourth-order valence-corrected chi connectivity index (χ4v) is 3.04. The summed E-state index contributed by atoms with van der Waals surface area (Å²) in [5.41, 5.74) is 3.87. The number of halogens is 1. The normalized spacial score (nSPS) is 12.0. The van der Waals surface area contributed by atoms with Crippen molar-refractivity contribution in [2.75, 3.05) is 5.32 Å². The van der Waals surface area contributed by atoms with Gasteiger partial charge in [-0.1, -0.05) is 29.4 Å². The van der Waals surface area contributed by atoms with Gasteiger partial charge >= 0.3 is 0 Å². The zero-order valence-electron chi connectivity index (χ0n) is 14.6. The van der Waals surface area contributed by atoms with E-state index in [2.05, 4.69) is 15.5 Å². The predicted molar refractivity (Wildman–Crippen MR) is 105 cm³/mol. The topological polar surface area (TPSA) is 68.0 Å². The van der Waals surface area contributed by atoms with Gasteiger partial charge in [-0.15, -0.1) is 10.2 Å². The number of thioether (sulfide) groups is 1. The molecule has 7 heteroatoms. The molecule has 3 aromatic rings. The van der Waals surface area contributed by atoms with Gasteiger partial charge in [0, 0.05) is 16.3 Å². The lowest BCUT2D eigenvalue weighted by Gasteiger charge is -2.11. The van der Waals surface area contributed by atoms with Crippen molar-refractivity contribution in [3.05, 3.63) is 58.6 Å². The van der Waals surface area contributed by atoms with Gasteiger partial charge in [-0.05, 0) is 68.3 Å². The largest absolute Gasteiger partial charge is 0.411 e. The summed E-state index contributed by atoms with van der Waals surface area (Å²) < 4.78 is 5.63. The molecule has 0 spiro atoms. The number of aromatic nitrogens is 2. The second-order valence-corrected chi connectivity index (χ2v) is 7.66. The summed E-state index contributed by atoms with van der Waals surface area (Å²) in [6.45, 7) is 5.85. The number of carbonyl (C=O) groups is 1. The van der Waals surface area contributed by atoms with Crippen LogP contribution in [0.5, 0.6) is 0 Å². The molecule has 134 valence electrons. The van der Waals surface area contributed by atoms with Gasteiger partial charge in [0.2, 0.25) is 11.8 Å². The van der Waals surface area contributed by atoms with Crippen LogP contribution in [-0.4, -0.2) is 21.4 Å². The van der Waals surface area contributed by atoms with E-state index in [1.54, 1.807) is 31.2 Å². The summed E-state index contributed by atoms with van der Waals surface area (Å²) >= 11 is 7.10. The molecule has 0 saturated carbocycles. The van der Waals surface area contributed by atoms with E-state index in [4.69, 9.17) is 16.0 Å². The number of nitrogens with zero attached hydrogens (tertiary/aromatic N) is 2. The average molecular weight is 388 g/mol. The molecule has 1 atom stereocenters. The maximum Gasteiger partial charge on any atom is 0.277 e. The number of nitrogens with one attached hydrogen (secondary N) is 1. The number of anilines is 1. The lowest BCUT2D eigenvalue weighted by atomic mass is 10.1. The molecule has 2 aromatic carbocycles. The van der Waals surface area contributed by atoms with Crippen LogP contribution in [0.15, 0.2) is 52.1 Å². The van der Waals surface area contributed by atoms with Gasteiger partial charge < -0.3 is 9.73 Å². The van der Waals surface area contributed by atoms with E-state index in [0.717, 1.165) is 16.8 Å². The lowest BCUT2D eigenvalue weighted by Crippen LogP contribution is -2.22. The van der Waals surface area contributed by atoms with Crippen LogP contribution in [0, 0.1) is 13.8 Å². The summed E-state index contributed by atoms with van der Waals surface area (Å²) in [7, 11) is 0. The minimum Gasteiger partial charge on any atom is -0.411 e. The third-order valence-corrected chi connectivity index (χ3v) is 5.11. The standard InChI is InChI=1S/C19H18ClN3O2S/c1-11-4-9-16(10-12(11)2)21-17(24)13(3)26-19-23-22-18(25-19)14-5-7-15(20)8-6-14/h4-10,13H,1-3H3,(H,21,24). The molecule has 0 radical (unpaired) electrons. The number of aryl methyl sites for hydroxylation is 2. The number of carbonyl (C=O) groups excluding carboxylic acids is 1. The Kier molecular flexibility index (Phi) is 5.64. The minimum atomic E-state index is -0.380. The third-order valence-electron chi connectivity index (χ3n) is 3.92. The summed E-state index contributed by atoms with van der Waals surface area (Å²) in [5.74, 6) is 0.274. The third kappa shape index (κ3) is 4.45. The van der Waals surface area contributed by atoms with Crippen molar-refractivity contribution in [3.63, 3.8) is 0 Å². The van der Waals surface area contributed by atoms with E-state index >= 15 is 0 Å². The van der Waals surface area contributed by atoms with Gasteiger partial charge in [-0.2, -0.15) is 0 Å². The molecule has 1 N–H and O–H groups in total. The second kappa shape index (κ2) is 7.93. The SMILES string of the molecule is Cc1ccc(NC(=O)C(C)Sc2nnc(-c3ccc(Cl)cc3)o2)cc1C. The van der Waals surface area contributed by atoms with Crippen molar-refractivity contribution in [1.29, 1.82) is 0 Å². The van der Waals surface area contributed by atoms with Crippen LogP contribution in [0.2, 0.25) is 5.02 Å². The van der Waals surface area contributed by atoms with Gasteiger partial charge in [-0.25, -0.2) is 0 Å². The molecule has 26 heavy (non-hydrogen) atoms. The first-order chi connectivity index (χ1) is 12.4. The summed E-state index contributed by atoms with van der Waals surface area (Å²) in [6.07, 6.45) is 0. The number of hydrogen-bond acceptors (Lipinski definition) is 5. The molecule has 0 bridgehead atoms. The zero-order chi connectivity index (χ0) is 18.7. The van der Waals surface area contributed by atoms with Gasteiger partial charge in [0.05, 0.1) is 5.25 Å². The van der Waals surface area contributed by atoms with Crippen LogP contribution in [-0.2, 0) is 4.79 Å². The van der Waals surface area contributed by atoms with Crippen LogP contribution in [0.25, 0.3) is 11.5 Å². The molecule has 1 heterocycles. The van der Waals surface area contributed by atoms with Crippen LogP contribution in [0.1, 0.15) is 18.1 Å². The Balaban J connectivity index is 1.64. The van der Waals surface area contributed by atoms with E-state index in [0.29, 0.717) is 16.1 Å². The van der Waals surface area contributed by atoms with Crippen molar-refractivity contribution in [1.82, 2.24) is 10.2 Å². The molecular formula is C19H18ClN3O2S. The Bertz CT molecular complexity index is 925. The molecule has 0 fully saturated rings. The van der Waals surface area contributed by atoms with Crippen LogP contribution in [0.4, 0.5) is 5.69 Å². The highest BCUT2D eigenvalue weighted by Crippen LogP contribution is 2.27.